The van der Waals surface area contributed by atoms with Crippen LogP contribution in [0.4, 0.5) is 5.95 Å². The van der Waals surface area contributed by atoms with Gasteiger partial charge < -0.3 is 19.4 Å². The van der Waals surface area contributed by atoms with Gasteiger partial charge in [0.05, 0.1) is 19.4 Å². The van der Waals surface area contributed by atoms with E-state index in [9.17, 15) is 4.79 Å². The lowest BCUT2D eigenvalue weighted by atomic mass is 10.2. The minimum atomic E-state index is -0.199. The largest absolute Gasteiger partial charge is 0.467 e. The van der Waals surface area contributed by atoms with Crippen molar-refractivity contribution in [3.8, 4) is 0 Å². The van der Waals surface area contributed by atoms with Crippen LogP contribution in [0, 0.1) is 5.92 Å². The zero-order valence-corrected chi connectivity index (χ0v) is 15.8. The highest BCUT2D eigenvalue weighted by Gasteiger charge is 2.29. The van der Waals surface area contributed by atoms with E-state index in [2.05, 4.69) is 34.3 Å². The van der Waals surface area contributed by atoms with Crippen molar-refractivity contribution in [3.05, 3.63) is 30.0 Å². The molecule has 8 heteroatoms. The maximum Gasteiger partial charge on any atom is 0.289 e. The fraction of sp³-hybridized carbons (Fsp3) is 0.611. The quantitative estimate of drug-likeness (QED) is 0.849. The minimum absolute atomic E-state index is 0.0434. The molecule has 1 saturated heterocycles. The Morgan fingerprint density at radius 3 is 2.81 bits per heavy atom. The number of carbonyl (C=O) groups excluding carboxylic acids is 1. The molecule has 3 rings (SSSR count). The third kappa shape index (κ3) is 4.07. The average Bonchev–Trinajstić information content (AvgIpc) is 3.23. The Balaban J connectivity index is 1.86. The monoisotopic (exact) mass is 361 g/mol. The molecule has 26 heavy (non-hydrogen) atoms. The molecular weight excluding hydrogens is 334 g/mol. The fourth-order valence-electron chi connectivity index (χ4n) is 3.03. The lowest BCUT2D eigenvalue weighted by Gasteiger charge is -2.32. The molecular formula is C18H27N5O3. The van der Waals surface area contributed by atoms with Gasteiger partial charge in [0.25, 0.3) is 5.91 Å². The Labute approximate surface area is 153 Å². The third-order valence-electron chi connectivity index (χ3n) is 4.11. The van der Waals surface area contributed by atoms with Crippen molar-refractivity contribution in [2.24, 2.45) is 5.92 Å². The molecule has 0 saturated carbocycles. The summed E-state index contributed by atoms with van der Waals surface area (Å²) in [5.41, 5.74) is 0. The number of amides is 1. The third-order valence-corrected chi connectivity index (χ3v) is 4.11. The van der Waals surface area contributed by atoms with Gasteiger partial charge >= 0.3 is 0 Å². The topological polar surface area (TPSA) is 85.4 Å². The van der Waals surface area contributed by atoms with Crippen LogP contribution in [-0.4, -0.2) is 46.4 Å². The first-order valence-corrected chi connectivity index (χ1v) is 9.09. The first kappa shape index (κ1) is 18.4. The molecule has 1 N–H and O–H groups in total. The van der Waals surface area contributed by atoms with Crippen LogP contribution in [0.25, 0.3) is 0 Å². The summed E-state index contributed by atoms with van der Waals surface area (Å²) in [7, 11) is 0. The molecule has 1 fully saturated rings. The van der Waals surface area contributed by atoms with Crippen molar-refractivity contribution in [2.75, 3.05) is 24.6 Å². The van der Waals surface area contributed by atoms with Gasteiger partial charge in [0.1, 0.15) is 11.9 Å². The zero-order valence-electron chi connectivity index (χ0n) is 15.8. The second-order valence-corrected chi connectivity index (χ2v) is 7.28. The number of ether oxygens (including phenoxy) is 1. The number of furan rings is 1. The van der Waals surface area contributed by atoms with Crippen LogP contribution in [0.2, 0.25) is 0 Å². The lowest BCUT2D eigenvalue weighted by Crippen LogP contribution is -2.40. The van der Waals surface area contributed by atoms with Crippen LogP contribution in [-0.2, 0) is 11.3 Å². The smallest absolute Gasteiger partial charge is 0.289 e. The van der Waals surface area contributed by atoms with E-state index in [1.54, 1.807) is 6.26 Å². The van der Waals surface area contributed by atoms with Crippen molar-refractivity contribution in [1.82, 2.24) is 20.1 Å². The molecule has 2 aromatic heterocycles. The zero-order chi connectivity index (χ0) is 18.7. The number of nitrogens with one attached hydrogen (secondary N) is 1. The summed E-state index contributed by atoms with van der Waals surface area (Å²) in [4.78, 5) is 14.6. The summed E-state index contributed by atoms with van der Waals surface area (Å²) in [5.74, 6) is 2.01. The predicted octanol–water partition coefficient (Wildman–Crippen LogP) is 2.24. The van der Waals surface area contributed by atoms with E-state index in [-0.39, 0.29) is 18.1 Å². The Bertz CT molecular complexity index is 723. The number of rotatable bonds is 6. The van der Waals surface area contributed by atoms with Crippen LogP contribution in [0.15, 0.2) is 22.8 Å². The number of nitrogens with zero attached hydrogens (tertiary/aromatic N) is 4. The molecule has 0 aromatic carbocycles. The van der Waals surface area contributed by atoms with Gasteiger partial charge in [-0.15, -0.1) is 10.2 Å². The number of hydrogen-bond donors (Lipinski definition) is 1. The van der Waals surface area contributed by atoms with Gasteiger partial charge in [-0.05, 0) is 31.9 Å². The second-order valence-electron chi connectivity index (χ2n) is 7.28. The Morgan fingerprint density at radius 1 is 1.35 bits per heavy atom. The van der Waals surface area contributed by atoms with E-state index >= 15 is 0 Å². The first-order valence-electron chi connectivity index (χ1n) is 9.09. The number of morpholine rings is 1. The molecule has 0 aliphatic carbocycles. The van der Waals surface area contributed by atoms with Gasteiger partial charge in [-0.25, -0.2) is 0 Å². The summed E-state index contributed by atoms with van der Waals surface area (Å²) in [6, 6.07) is 3.81. The van der Waals surface area contributed by atoms with Crippen molar-refractivity contribution in [3.63, 3.8) is 0 Å². The molecule has 1 unspecified atom stereocenters. The summed E-state index contributed by atoms with van der Waals surface area (Å²) < 4.78 is 13.2. The van der Waals surface area contributed by atoms with E-state index in [0.717, 1.165) is 5.76 Å². The maximum absolute atomic E-state index is 12.5. The first-order chi connectivity index (χ1) is 12.5. The lowest BCUT2D eigenvalue weighted by molar-refractivity contribution is 0.0249. The maximum atomic E-state index is 12.5. The fourth-order valence-corrected chi connectivity index (χ4v) is 3.03. The van der Waals surface area contributed by atoms with Crippen molar-refractivity contribution in [2.45, 2.75) is 46.4 Å². The van der Waals surface area contributed by atoms with Gasteiger partial charge in [0.2, 0.25) is 11.8 Å². The summed E-state index contributed by atoms with van der Waals surface area (Å²) >= 11 is 0. The summed E-state index contributed by atoms with van der Waals surface area (Å²) in [6.07, 6.45) is 1.49. The second kappa shape index (κ2) is 7.90. The van der Waals surface area contributed by atoms with E-state index in [0.29, 0.717) is 43.9 Å². The van der Waals surface area contributed by atoms with Gasteiger partial charge in [0.15, 0.2) is 0 Å². The Kier molecular flexibility index (Phi) is 5.61. The van der Waals surface area contributed by atoms with Gasteiger partial charge in [-0.2, -0.15) is 0 Å². The van der Waals surface area contributed by atoms with Crippen LogP contribution >= 0.6 is 0 Å². The Morgan fingerprint density at radius 2 is 2.15 bits per heavy atom. The molecule has 1 aliphatic rings. The molecule has 0 spiro atoms. The van der Waals surface area contributed by atoms with Crippen molar-refractivity contribution >= 4 is 11.9 Å². The van der Waals surface area contributed by atoms with E-state index in [4.69, 9.17) is 9.15 Å². The van der Waals surface area contributed by atoms with E-state index in [1.165, 1.54) is 0 Å². The number of hydrogen-bond acceptors (Lipinski definition) is 6. The van der Waals surface area contributed by atoms with Gasteiger partial charge in [-0.3, -0.25) is 9.36 Å². The highest BCUT2D eigenvalue weighted by atomic mass is 16.5. The summed E-state index contributed by atoms with van der Waals surface area (Å²) in [5, 5.41) is 11.4. The molecule has 0 radical (unpaired) electrons. The molecule has 2 aromatic rings. The molecule has 8 nitrogen and oxygen atoms in total. The molecule has 142 valence electrons. The average molecular weight is 361 g/mol. The predicted molar refractivity (Wildman–Crippen MR) is 97.1 cm³/mol. The van der Waals surface area contributed by atoms with Crippen molar-refractivity contribution in [1.29, 1.82) is 0 Å². The van der Waals surface area contributed by atoms with Crippen LogP contribution in [0.5, 0.6) is 0 Å². The van der Waals surface area contributed by atoms with Crippen LogP contribution < -0.4 is 10.2 Å². The van der Waals surface area contributed by atoms with E-state index in [1.807, 2.05) is 30.5 Å². The number of carbonyl (C=O) groups is 1. The van der Waals surface area contributed by atoms with Crippen molar-refractivity contribution < 1.29 is 13.9 Å². The molecule has 0 bridgehead atoms. The minimum Gasteiger partial charge on any atom is -0.467 e. The highest BCUT2D eigenvalue weighted by molar-refractivity contribution is 5.91. The Hall–Kier alpha value is -2.35. The molecule has 3 heterocycles. The molecule has 1 atom stereocenters. The molecule has 1 amide bonds. The van der Waals surface area contributed by atoms with Gasteiger partial charge in [-0.1, -0.05) is 13.8 Å². The number of anilines is 1. The normalized spacial score (nSPS) is 17.9. The highest BCUT2D eigenvalue weighted by Crippen LogP contribution is 2.26. The van der Waals surface area contributed by atoms with Crippen LogP contribution in [0.3, 0.4) is 0 Å². The SMILES string of the molecule is CC(C)Cn1c(C(=O)NC(C)C)nnc1N1CCOC(c2ccco2)C1. The molecule has 1 aliphatic heterocycles. The van der Waals surface area contributed by atoms with Crippen LogP contribution in [0.1, 0.15) is 50.2 Å². The number of aromatic nitrogens is 3. The van der Waals surface area contributed by atoms with E-state index < -0.39 is 0 Å². The standard InChI is InChI=1S/C18H27N5O3/c1-12(2)10-23-16(17(24)19-13(3)4)20-21-18(23)22-7-9-26-15(11-22)14-6-5-8-25-14/h5-6,8,12-13,15H,7,9-11H2,1-4H3,(H,19,24). The summed E-state index contributed by atoms with van der Waals surface area (Å²) in [6.45, 7) is 10.6. The van der Waals surface area contributed by atoms with Gasteiger partial charge in [0, 0.05) is 19.1 Å².